The van der Waals surface area contributed by atoms with Crippen LogP contribution in [0.3, 0.4) is 0 Å². The second-order valence-electron chi connectivity index (χ2n) is 5.05. The van der Waals surface area contributed by atoms with Crippen molar-refractivity contribution >= 4 is 23.3 Å². The smallest absolute Gasteiger partial charge is 0.354 e. The minimum Gasteiger partial charge on any atom is -0.477 e. The lowest BCUT2D eigenvalue weighted by Gasteiger charge is -2.34. The second-order valence-corrected chi connectivity index (χ2v) is 5.05. The monoisotopic (exact) mass is 249 g/mol. The van der Waals surface area contributed by atoms with Crippen molar-refractivity contribution < 1.29 is 14.7 Å². The number of amides is 1. The highest BCUT2D eigenvalue weighted by Gasteiger charge is 2.45. The van der Waals surface area contributed by atoms with E-state index < -0.39 is 11.5 Å². The summed E-state index contributed by atoms with van der Waals surface area (Å²) in [5.41, 5.74) is 0.659. The molecule has 1 spiro atoms. The molecule has 0 radical (unpaired) electrons. The molecule has 2 aliphatic rings. The number of carboxylic acids is 1. The van der Waals surface area contributed by atoms with Crippen LogP contribution in [0.15, 0.2) is 6.20 Å². The Morgan fingerprint density at radius 2 is 2.11 bits per heavy atom. The van der Waals surface area contributed by atoms with Gasteiger partial charge in [0.2, 0.25) is 5.91 Å². The molecular formula is C12H15N3O3. The molecule has 2 heterocycles. The van der Waals surface area contributed by atoms with Crippen molar-refractivity contribution in [2.24, 2.45) is 7.05 Å². The first-order valence-corrected chi connectivity index (χ1v) is 6.06. The number of hydrogen-bond donors (Lipinski definition) is 3. The molecule has 0 aromatic carbocycles. The molecule has 3 N–H and O–H groups in total. The summed E-state index contributed by atoms with van der Waals surface area (Å²) >= 11 is 0. The molecule has 18 heavy (non-hydrogen) atoms. The zero-order valence-corrected chi connectivity index (χ0v) is 10.1. The van der Waals surface area contributed by atoms with Crippen LogP contribution in [0.5, 0.6) is 0 Å². The average Bonchev–Trinajstić information content (AvgIpc) is 2.85. The van der Waals surface area contributed by atoms with Crippen LogP contribution in [0.2, 0.25) is 0 Å². The molecule has 1 aliphatic heterocycles. The van der Waals surface area contributed by atoms with E-state index in [4.69, 9.17) is 5.11 Å². The molecule has 6 nitrogen and oxygen atoms in total. The zero-order chi connectivity index (χ0) is 12.9. The molecule has 6 heteroatoms. The molecular weight excluding hydrogens is 234 g/mol. The third kappa shape index (κ3) is 1.35. The lowest BCUT2D eigenvalue weighted by Crippen LogP contribution is -2.50. The Bertz CT molecular complexity index is 541. The van der Waals surface area contributed by atoms with Gasteiger partial charge in [-0.15, -0.1) is 0 Å². The van der Waals surface area contributed by atoms with E-state index in [1.54, 1.807) is 13.2 Å². The largest absolute Gasteiger partial charge is 0.477 e. The number of nitrogens with zero attached hydrogens (tertiary/aromatic N) is 1. The van der Waals surface area contributed by atoms with Gasteiger partial charge in [-0.05, 0) is 12.8 Å². The fraction of sp³-hybridized carbons (Fsp3) is 0.500. The summed E-state index contributed by atoms with van der Waals surface area (Å²) in [6, 6.07) is 0. The molecule has 1 aliphatic carbocycles. The Hall–Kier alpha value is -1.98. The number of carbonyl (C=O) groups is 2. The van der Waals surface area contributed by atoms with Gasteiger partial charge in [-0.3, -0.25) is 4.79 Å². The number of rotatable bonds is 1. The van der Waals surface area contributed by atoms with Crippen molar-refractivity contribution in [1.29, 1.82) is 0 Å². The molecule has 0 saturated heterocycles. The molecule has 1 aromatic heterocycles. The van der Waals surface area contributed by atoms with E-state index in [1.807, 2.05) is 0 Å². The summed E-state index contributed by atoms with van der Waals surface area (Å²) in [4.78, 5) is 23.4. The van der Waals surface area contributed by atoms with Gasteiger partial charge in [0.1, 0.15) is 5.54 Å². The number of carboxylic acid groups (broad SMARTS) is 1. The molecule has 1 fully saturated rings. The summed E-state index contributed by atoms with van der Waals surface area (Å²) in [7, 11) is 1.66. The Morgan fingerprint density at radius 3 is 2.72 bits per heavy atom. The van der Waals surface area contributed by atoms with Crippen molar-refractivity contribution in [3.8, 4) is 0 Å². The first kappa shape index (κ1) is 11.1. The van der Waals surface area contributed by atoms with Crippen LogP contribution in [-0.2, 0) is 11.8 Å². The normalized spacial score (nSPS) is 20.4. The minimum atomic E-state index is -1.04. The predicted octanol–water partition coefficient (Wildman–Crippen LogP) is 1.40. The summed E-state index contributed by atoms with van der Waals surface area (Å²) in [6.45, 7) is 0. The molecule has 0 unspecified atom stereocenters. The Morgan fingerprint density at radius 1 is 1.44 bits per heavy atom. The van der Waals surface area contributed by atoms with Crippen LogP contribution in [0.25, 0.3) is 0 Å². The maximum atomic E-state index is 12.2. The maximum absolute atomic E-state index is 12.2. The molecule has 0 atom stereocenters. The average molecular weight is 249 g/mol. The van der Waals surface area contributed by atoms with Crippen molar-refractivity contribution in [2.45, 2.75) is 31.2 Å². The SMILES string of the molecule is Cn1cc2c(c1C(=O)O)NC(=O)C1(CCCC1)N2. The van der Waals surface area contributed by atoms with E-state index in [0.717, 1.165) is 25.7 Å². The second kappa shape index (κ2) is 3.51. The molecule has 3 rings (SSSR count). The van der Waals surface area contributed by atoms with Gasteiger partial charge < -0.3 is 20.3 Å². The van der Waals surface area contributed by atoms with Gasteiger partial charge in [0.05, 0.1) is 11.4 Å². The van der Waals surface area contributed by atoms with E-state index in [1.165, 1.54) is 4.57 Å². The third-order valence-corrected chi connectivity index (χ3v) is 3.89. The standard InChI is InChI=1S/C12H15N3O3/c1-15-6-7-8(9(15)10(16)17)13-11(18)12(14-7)4-2-3-5-12/h6,14H,2-5H2,1H3,(H,13,18)(H,16,17). The first-order valence-electron chi connectivity index (χ1n) is 6.06. The fourth-order valence-corrected chi connectivity index (χ4v) is 2.98. The van der Waals surface area contributed by atoms with Gasteiger partial charge >= 0.3 is 5.97 Å². The highest BCUT2D eigenvalue weighted by Crippen LogP contribution is 2.41. The van der Waals surface area contributed by atoms with Crippen LogP contribution in [0, 0.1) is 0 Å². The van der Waals surface area contributed by atoms with E-state index in [2.05, 4.69) is 10.6 Å². The van der Waals surface area contributed by atoms with Gasteiger partial charge in [0.25, 0.3) is 0 Å². The van der Waals surface area contributed by atoms with Gasteiger partial charge in [-0.25, -0.2) is 4.79 Å². The van der Waals surface area contributed by atoms with Gasteiger partial charge in [0, 0.05) is 13.2 Å². The number of aromatic carboxylic acids is 1. The quantitative estimate of drug-likeness (QED) is 0.702. The van der Waals surface area contributed by atoms with E-state index in [9.17, 15) is 9.59 Å². The van der Waals surface area contributed by atoms with E-state index >= 15 is 0 Å². The lowest BCUT2D eigenvalue weighted by molar-refractivity contribution is -0.120. The van der Waals surface area contributed by atoms with Crippen molar-refractivity contribution in [3.63, 3.8) is 0 Å². The summed E-state index contributed by atoms with van der Waals surface area (Å²) in [5.74, 6) is -1.15. The van der Waals surface area contributed by atoms with Crippen molar-refractivity contribution in [2.75, 3.05) is 10.6 Å². The topological polar surface area (TPSA) is 83.4 Å². The summed E-state index contributed by atoms with van der Waals surface area (Å²) in [5, 5.41) is 15.2. The highest BCUT2D eigenvalue weighted by atomic mass is 16.4. The number of anilines is 2. The first-order chi connectivity index (χ1) is 8.53. The fourth-order valence-electron chi connectivity index (χ4n) is 2.98. The van der Waals surface area contributed by atoms with Gasteiger partial charge in [0.15, 0.2) is 5.69 Å². The number of carbonyl (C=O) groups excluding carboxylic acids is 1. The minimum absolute atomic E-state index is 0.110. The van der Waals surface area contributed by atoms with E-state index in [-0.39, 0.29) is 11.6 Å². The highest BCUT2D eigenvalue weighted by molar-refractivity contribution is 6.11. The van der Waals surface area contributed by atoms with Crippen LogP contribution < -0.4 is 10.6 Å². The lowest BCUT2D eigenvalue weighted by atomic mass is 9.93. The number of fused-ring (bicyclic) bond motifs is 1. The number of aromatic nitrogens is 1. The van der Waals surface area contributed by atoms with E-state index in [0.29, 0.717) is 11.4 Å². The van der Waals surface area contributed by atoms with Crippen LogP contribution in [-0.4, -0.2) is 27.1 Å². The molecule has 96 valence electrons. The van der Waals surface area contributed by atoms with Crippen molar-refractivity contribution in [1.82, 2.24) is 4.57 Å². The zero-order valence-electron chi connectivity index (χ0n) is 10.1. The Balaban J connectivity index is 2.07. The predicted molar refractivity (Wildman–Crippen MR) is 65.8 cm³/mol. The van der Waals surface area contributed by atoms with Gasteiger partial charge in [-0.2, -0.15) is 0 Å². The maximum Gasteiger partial charge on any atom is 0.354 e. The number of hydrogen-bond acceptors (Lipinski definition) is 3. The Kier molecular flexibility index (Phi) is 2.17. The molecule has 1 saturated carbocycles. The summed E-state index contributed by atoms with van der Waals surface area (Å²) in [6.07, 6.45) is 5.37. The number of aryl methyl sites for hydroxylation is 1. The molecule has 0 bridgehead atoms. The summed E-state index contributed by atoms with van der Waals surface area (Å²) < 4.78 is 1.52. The van der Waals surface area contributed by atoms with Crippen molar-refractivity contribution in [3.05, 3.63) is 11.9 Å². The molecule has 1 amide bonds. The van der Waals surface area contributed by atoms with Crippen LogP contribution in [0.1, 0.15) is 36.2 Å². The molecule has 1 aromatic rings. The Labute approximate surface area is 104 Å². The number of nitrogens with one attached hydrogen (secondary N) is 2. The van der Waals surface area contributed by atoms with Crippen LogP contribution in [0.4, 0.5) is 11.4 Å². The van der Waals surface area contributed by atoms with Crippen LogP contribution >= 0.6 is 0 Å². The third-order valence-electron chi connectivity index (χ3n) is 3.89. The van der Waals surface area contributed by atoms with Gasteiger partial charge in [-0.1, -0.05) is 12.8 Å².